The second kappa shape index (κ2) is 4.41. The maximum atomic E-state index is 11.2. The van der Waals surface area contributed by atoms with Crippen LogP contribution in [0.25, 0.3) is 0 Å². The number of nitrogens with zero attached hydrogens (tertiary/aromatic N) is 1. The third-order valence-electron chi connectivity index (χ3n) is 2.74. The zero-order chi connectivity index (χ0) is 10.8. The van der Waals surface area contributed by atoms with Gasteiger partial charge in [-0.1, -0.05) is 0 Å². The number of carbonyl (C=O) groups excluding carboxylic acids is 1. The normalized spacial score (nSPS) is 18.0. The van der Waals surface area contributed by atoms with E-state index in [1.807, 2.05) is 0 Å². The number of rotatable bonds is 2. The van der Waals surface area contributed by atoms with Crippen LogP contribution in [0.5, 0.6) is 0 Å². The monoisotopic (exact) mass is 225 g/mol. The van der Waals surface area contributed by atoms with Crippen molar-refractivity contribution in [3.05, 3.63) is 15.6 Å². The smallest absolute Gasteiger partial charge is 0.188 e. The van der Waals surface area contributed by atoms with Crippen molar-refractivity contribution >= 4 is 17.1 Å². The van der Waals surface area contributed by atoms with E-state index in [-0.39, 0.29) is 5.78 Å². The summed E-state index contributed by atoms with van der Waals surface area (Å²) in [7, 11) is 0. The molecule has 1 aromatic heterocycles. The van der Waals surface area contributed by atoms with Crippen LogP contribution in [-0.2, 0) is 4.74 Å². The summed E-state index contributed by atoms with van der Waals surface area (Å²) in [6.07, 6.45) is 2.06. The van der Waals surface area contributed by atoms with Gasteiger partial charge in [0, 0.05) is 30.9 Å². The summed E-state index contributed by atoms with van der Waals surface area (Å²) in [4.78, 5) is 16.9. The van der Waals surface area contributed by atoms with Crippen molar-refractivity contribution in [3.63, 3.8) is 0 Å². The Morgan fingerprint density at radius 2 is 2.13 bits per heavy atom. The Labute approximate surface area is 93.5 Å². The SMILES string of the molecule is CC(=O)c1nc(C2CCOCC2)c(C)s1. The number of aromatic nitrogens is 1. The Balaban J connectivity index is 2.22. The minimum absolute atomic E-state index is 0.0707. The van der Waals surface area contributed by atoms with Crippen molar-refractivity contribution < 1.29 is 9.53 Å². The molecule has 2 heterocycles. The molecule has 1 aliphatic heterocycles. The first-order valence-electron chi connectivity index (χ1n) is 5.24. The second-order valence-electron chi connectivity index (χ2n) is 3.90. The highest BCUT2D eigenvalue weighted by molar-refractivity contribution is 7.13. The van der Waals surface area contributed by atoms with E-state index < -0.39 is 0 Å². The number of ether oxygens (including phenoxy) is 1. The molecule has 1 saturated heterocycles. The van der Waals surface area contributed by atoms with Crippen molar-refractivity contribution in [2.24, 2.45) is 0 Å². The second-order valence-corrected chi connectivity index (χ2v) is 5.11. The molecular weight excluding hydrogens is 210 g/mol. The fraction of sp³-hybridized carbons (Fsp3) is 0.636. The van der Waals surface area contributed by atoms with Gasteiger partial charge in [-0.25, -0.2) is 4.98 Å². The van der Waals surface area contributed by atoms with Crippen LogP contribution in [0.1, 0.15) is 46.1 Å². The summed E-state index contributed by atoms with van der Waals surface area (Å²) in [6, 6.07) is 0. The van der Waals surface area contributed by atoms with Gasteiger partial charge in [0.25, 0.3) is 0 Å². The highest BCUT2D eigenvalue weighted by Gasteiger charge is 2.22. The van der Waals surface area contributed by atoms with E-state index >= 15 is 0 Å². The molecule has 0 N–H and O–H groups in total. The van der Waals surface area contributed by atoms with E-state index in [0.29, 0.717) is 10.9 Å². The highest BCUT2D eigenvalue weighted by atomic mass is 32.1. The molecule has 0 spiro atoms. The zero-order valence-electron chi connectivity index (χ0n) is 9.08. The molecule has 0 amide bonds. The Morgan fingerprint density at radius 1 is 1.47 bits per heavy atom. The van der Waals surface area contributed by atoms with Crippen molar-refractivity contribution in [2.45, 2.75) is 32.6 Å². The third-order valence-corrected chi connectivity index (χ3v) is 3.83. The molecular formula is C11H15NO2S. The van der Waals surface area contributed by atoms with Gasteiger partial charge < -0.3 is 4.74 Å². The summed E-state index contributed by atoms with van der Waals surface area (Å²) in [5, 5.41) is 0.647. The number of ketones is 1. The van der Waals surface area contributed by atoms with Crippen molar-refractivity contribution in [3.8, 4) is 0 Å². The summed E-state index contributed by atoms with van der Waals surface area (Å²) in [6.45, 7) is 5.26. The van der Waals surface area contributed by atoms with E-state index in [0.717, 1.165) is 31.7 Å². The molecule has 1 aliphatic rings. The van der Waals surface area contributed by atoms with E-state index in [9.17, 15) is 4.79 Å². The number of Topliss-reactive ketones (excluding diaryl/α,β-unsaturated/α-hetero) is 1. The molecule has 1 fully saturated rings. The molecule has 2 rings (SSSR count). The summed E-state index contributed by atoms with van der Waals surface area (Å²) >= 11 is 1.51. The lowest BCUT2D eigenvalue weighted by Gasteiger charge is -2.20. The lowest BCUT2D eigenvalue weighted by molar-refractivity contribution is 0.0844. The Morgan fingerprint density at radius 3 is 2.67 bits per heavy atom. The Hall–Kier alpha value is -0.740. The van der Waals surface area contributed by atoms with Crippen molar-refractivity contribution in [1.29, 1.82) is 0 Å². The van der Waals surface area contributed by atoms with Crippen LogP contribution in [0.2, 0.25) is 0 Å². The fourth-order valence-corrected chi connectivity index (χ4v) is 2.80. The van der Waals surface area contributed by atoms with Gasteiger partial charge >= 0.3 is 0 Å². The topological polar surface area (TPSA) is 39.2 Å². The Kier molecular flexibility index (Phi) is 3.17. The van der Waals surface area contributed by atoms with Crippen LogP contribution in [0, 0.1) is 6.92 Å². The average molecular weight is 225 g/mol. The molecule has 0 aromatic carbocycles. The van der Waals surface area contributed by atoms with Gasteiger partial charge in [0.2, 0.25) is 0 Å². The number of aryl methyl sites for hydroxylation is 1. The molecule has 1 aromatic rings. The maximum Gasteiger partial charge on any atom is 0.188 e. The first-order valence-corrected chi connectivity index (χ1v) is 6.06. The summed E-state index contributed by atoms with van der Waals surface area (Å²) in [5.74, 6) is 0.560. The van der Waals surface area contributed by atoms with Crippen LogP contribution in [0.4, 0.5) is 0 Å². The fourth-order valence-electron chi connectivity index (χ4n) is 1.91. The quantitative estimate of drug-likeness (QED) is 0.726. The average Bonchev–Trinajstić information content (AvgIpc) is 2.62. The molecule has 0 unspecified atom stereocenters. The van der Waals surface area contributed by atoms with Crippen molar-refractivity contribution in [1.82, 2.24) is 4.98 Å². The lowest BCUT2D eigenvalue weighted by atomic mass is 9.96. The molecule has 3 nitrogen and oxygen atoms in total. The van der Waals surface area contributed by atoms with Gasteiger partial charge in [-0.2, -0.15) is 0 Å². The zero-order valence-corrected chi connectivity index (χ0v) is 9.89. The molecule has 0 aliphatic carbocycles. The van der Waals surface area contributed by atoms with Crippen molar-refractivity contribution in [2.75, 3.05) is 13.2 Å². The minimum Gasteiger partial charge on any atom is -0.381 e. The predicted octanol–water partition coefficient (Wildman–Crippen LogP) is 2.55. The molecule has 4 heteroatoms. The first-order chi connectivity index (χ1) is 7.18. The van der Waals surface area contributed by atoms with Gasteiger partial charge in [0.1, 0.15) is 0 Å². The van der Waals surface area contributed by atoms with E-state index in [1.54, 1.807) is 6.92 Å². The molecule has 15 heavy (non-hydrogen) atoms. The van der Waals surface area contributed by atoms with Gasteiger partial charge in [0.15, 0.2) is 10.8 Å². The standard InChI is InChI=1S/C11H15NO2S/c1-7(13)11-12-10(8(2)15-11)9-3-5-14-6-4-9/h9H,3-6H2,1-2H3. The van der Waals surface area contributed by atoms with E-state index in [4.69, 9.17) is 4.74 Å². The molecule has 82 valence electrons. The molecule has 0 radical (unpaired) electrons. The largest absolute Gasteiger partial charge is 0.381 e. The minimum atomic E-state index is 0.0707. The molecule has 0 atom stereocenters. The van der Waals surface area contributed by atoms with Crippen LogP contribution < -0.4 is 0 Å². The van der Waals surface area contributed by atoms with E-state index in [1.165, 1.54) is 16.2 Å². The number of hydrogen-bond donors (Lipinski definition) is 0. The maximum absolute atomic E-state index is 11.2. The number of hydrogen-bond acceptors (Lipinski definition) is 4. The van der Waals surface area contributed by atoms with Gasteiger partial charge in [-0.15, -0.1) is 11.3 Å². The summed E-state index contributed by atoms with van der Waals surface area (Å²) < 4.78 is 5.32. The lowest BCUT2D eigenvalue weighted by Crippen LogP contribution is -2.15. The van der Waals surface area contributed by atoms with E-state index in [2.05, 4.69) is 11.9 Å². The highest BCUT2D eigenvalue weighted by Crippen LogP contribution is 2.31. The van der Waals surface area contributed by atoms with Crippen LogP contribution in [0.3, 0.4) is 0 Å². The predicted molar refractivity (Wildman–Crippen MR) is 59.6 cm³/mol. The molecule has 0 saturated carbocycles. The third kappa shape index (κ3) is 2.26. The number of carbonyl (C=O) groups is 1. The summed E-state index contributed by atoms with van der Waals surface area (Å²) in [5.41, 5.74) is 1.12. The van der Waals surface area contributed by atoms with Gasteiger partial charge in [-0.3, -0.25) is 4.79 Å². The first kappa shape index (κ1) is 10.8. The van der Waals surface area contributed by atoms with Crippen LogP contribution in [0.15, 0.2) is 0 Å². The van der Waals surface area contributed by atoms with Crippen LogP contribution in [-0.4, -0.2) is 24.0 Å². The van der Waals surface area contributed by atoms with Gasteiger partial charge in [-0.05, 0) is 19.8 Å². The van der Waals surface area contributed by atoms with Gasteiger partial charge in [0.05, 0.1) is 5.69 Å². The molecule has 0 bridgehead atoms. The van der Waals surface area contributed by atoms with Crippen LogP contribution >= 0.6 is 11.3 Å². The Bertz CT molecular complexity index is 367. The number of thiazole rings is 1.